The van der Waals surface area contributed by atoms with Gasteiger partial charge in [0.05, 0.1) is 0 Å². The molecule has 0 N–H and O–H groups in total. The standard InChI is InChI=1S/C62H44N2S4.C36H22OS4/c1-41-17-29-47(30-18-41)63(51-37-25-45(26-38-51)53-9-7-15-59-61(53)67-57-13-5-3-11-55(57)65-59)49-33-21-43(22-34-49)44-23-35-50(36-24-44)64(48-31-19-42(2)20-32-48)52-39-27-46(28-40-52)54-10-8-16-60-62(54)68-58-14-6-4-12-56(58)66-60;1-3-11-31-29(9-1)38-33-13-5-7-27(35(33)40-31)23-15-19-25(20-16-23)37-26-21-17-24(18-22-26)28-8-6-14-34-36(28)41-32-12-4-2-10-30(32)39-34/h3-40H,1-2H3;1-22H. The monoisotopic (exact) mass is 1540 g/mol. The molecule has 0 unspecified atom stereocenters. The van der Waals surface area contributed by atoms with E-state index in [1.54, 1.807) is 0 Å². The van der Waals surface area contributed by atoms with Gasteiger partial charge in [-0.2, -0.15) is 0 Å². The van der Waals surface area contributed by atoms with Gasteiger partial charge in [-0.3, -0.25) is 0 Å². The molecule has 0 saturated heterocycles. The van der Waals surface area contributed by atoms with Crippen LogP contribution in [0.15, 0.2) is 442 Å². The topological polar surface area (TPSA) is 15.7 Å². The second-order valence-electron chi connectivity index (χ2n) is 26.8. The van der Waals surface area contributed by atoms with Crippen LogP contribution in [0.3, 0.4) is 0 Å². The third-order valence-corrected chi connectivity index (χ3v) is 30.1. The SMILES string of the molecule is Cc1ccc(N(c2ccc(-c3ccc(N(c4ccc(C)cc4)c4ccc(-c5cccc6c5Sc5ccccc5S6)cc4)cc3)cc2)c2ccc(-c3cccc4c3Sc3ccccc3S4)cc2)cc1.c1ccc2c(c1)Sc1cccc(-c3ccc(Oc4ccc(-c5cccc6c5Sc5ccccc5S6)cc4)cc3)c1S2. The molecule has 522 valence electrons. The molecule has 3 nitrogen and oxygen atoms in total. The Morgan fingerprint density at radius 2 is 0.367 bits per heavy atom. The minimum absolute atomic E-state index is 0.833. The molecule has 0 bridgehead atoms. The molecule has 16 aromatic carbocycles. The molecular weight excluding hydrogens is 1480 g/mol. The van der Waals surface area contributed by atoms with Crippen LogP contribution in [0.1, 0.15) is 11.1 Å². The number of ether oxygens (including phenoxy) is 1. The lowest BCUT2D eigenvalue weighted by Gasteiger charge is -2.27. The van der Waals surface area contributed by atoms with E-state index in [0.29, 0.717) is 0 Å². The number of aryl methyl sites for hydroxylation is 2. The van der Waals surface area contributed by atoms with E-state index in [2.05, 4.69) is 388 Å². The van der Waals surface area contributed by atoms with Crippen molar-refractivity contribution in [2.24, 2.45) is 0 Å². The van der Waals surface area contributed by atoms with Crippen molar-refractivity contribution in [2.75, 3.05) is 9.80 Å². The van der Waals surface area contributed by atoms with E-state index in [1.807, 2.05) is 94.1 Å². The van der Waals surface area contributed by atoms with Crippen LogP contribution in [0.5, 0.6) is 11.5 Å². The minimum atomic E-state index is 0.833. The highest BCUT2D eigenvalue weighted by molar-refractivity contribution is 8.06. The quantitative estimate of drug-likeness (QED) is 0.110. The Hall–Kier alpha value is -10.3. The average Bonchev–Trinajstić information content (AvgIpc) is 0.812. The Morgan fingerprint density at radius 3 is 0.606 bits per heavy atom. The molecule has 0 aromatic heterocycles. The van der Waals surface area contributed by atoms with Crippen LogP contribution >= 0.6 is 94.1 Å². The van der Waals surface area contributed by atoms with Crippen LogP contribution in [-0.4, -0.2) is 0 Å². The summed E-state index contributed by atoms with van der Waals surface area (Å²) in [6.07, 6.45) is 0. The van der Waals surface area contributed by atoms with E-state index < -0.39 is 0 Å². The molecule has 109 heavy (non-hydrogen) atoms. The summed E-state index contributed by atoms with van der Waals surface area (Å²) in [4.78, 5) is 25.8. The highest BCUT2D eigenvalue weighted by Crippen LogP contribution is 2.57. The third kappa shape index (κ3) is 14.4. The van der Waals surface area contributed by atoms with Gasteiger partial charge in [-0.05, 0) is 239 Å². The van der Waals surface area contributed by atoms with Crippen LogP contribution in [-0.2, 0) is 0 Å². The number of hydrogen-bond acceptors (Lipinski definition) is 11. The summed E-state index contributed by atoms with van der Waals surface area (Å²) in [6, 6.07) is 132. The van der Waals surface area contributed by atoms with Crippen LogP contribution in [0.2, 0.25) is 0 Å². The third-order valence-electron chi connectivity index (χ3n) is 19.6. The molecule has 20 rings (SSSR count). The number of fused-ring (bicyclic) bond motifs is 8. The molecule has 0 aliphatic carbocycles. The summed E-state index contributed by atoms with van der Waals surface area (Å²) < 4.78 is 6.26. The second kappa shape index (κ2) is 30.6. The van der Waals surface area contributed by atoms with E-state index in [-0.39, 0.29) is 0 Å². The first-order chi connectivity index (χ1) is 53.8. The van der Waals surface area contributed by atoms with Crippen molar-refractivity contribution < 1.29 is 4.74 Å². The first-order valence-electron chi connectivity index (χ1n) is 36.1. The van der Waals surface area contributed by atoms with E-state index in [9.17, 15) is 0 Å². The molecule has 16 aromatic rings. The van der Waals surface area contributed by atoms with Gasteiger partial charge in [0.15, 0.2) is 0 Å². The molecule has 4 aliphatic rings. The van der Waals surface area contributed by atoms with Crippen LogP contribution in [0.4, 0.5) is 34.1 Å². The van der Waals surface area contributed by atoms with E-state index in [4.69, 9.17) is 4.74 Å². The lowest BCUT2D eigenvalue weighted by Crippen LogP contribution is -2.10. The van der Waals surface area contributed by atoms with Crippen molar-refractivity contribution in [3.8, 4) is 67.1 Å². The van der Waals surface area contributed by atoms with Gasteiger partial charge in [0, 0.05) is 112 Å². The number of nitrogens with zero attached hydrogens (tertiary/aromatic N) is 2. The van der Waals surface area contributed by atoms with Gasteiger partial charge >= 0.3 is 0 Å². The zero-order valence-electron chi connectivity index (χ0n) is 59.2. The Labute approximate surface area is 671 Å². The molecule has 0 radical (unpaired) electrons. The van der Waals surface area contributed by atoms with Gasteiger partial charge in [0.2, 0.25) is 0 Å². The molecule has 11 heteroatoms. The molecule has 4 aliphatic heterocycles. The number of rotatable bonds is 13. The average molecular weight is 1540 g/mol. The summed E-state index contributed by atoms with van der Waals surface area (Å²) in [5, 5.41) is 0. The van der Waals surface area contributed by atoms with E-state index in [0.717, 1.165) is 45.6 Å². The maximum absolute atomic E-state index is 6.26. The lowest BCUT2D eigenvalue weighted by molar-refractivity contribution is 0.483. The van der Waals surface area contributed by atoms with Gasteiger partial charge in [-0.25, -0.2) is 0 Å². The Kier molecular flexibility index (Phi) is 19.5. The Morgan fingerprint density at radius 1 is 0.174 bits per heavy atom. The normalized spacial score (nSPS) is 12.6. The van der Waals surface area contributed by atoms with Crippen LogP contribution in [0.25, 0.3) is 55.6 Å². The fourth-order valence-corrected chi connectivity index (χ4v) is 23.7. The van der Waals surface area contributed by atoms with Crippen molar-refractivity contribution in [1.82, 2.24) is 0 Å². The number of anilines is 6. The van der Waals surface area contributed by atoms with Crippen molar-refractivity contribution in [3.05, 3.63) is 375 Å². The van der Waals surface area contributed by atoms with Crippen LogP contribution < -0.4 is 14.5 Å². The maximum Gasteiger partial charge on any atom is 0.127 e. The number of benzene rings is 16. The van der Waals surface area contributed by atoms with Crippen molar-refractivity contribution in [3.63, 3.8) is 0 Å². The summed E-state index contributed by atoms with van der Waals surface area (Å²) in [6.45, 7) is 4.28. The summed E-state index contributed by atoms with van der Waals surface area (Å²) in [7, 11) is 0. The second-order valence-corrected chi connectivity index (χ2v) is 35.4. The molecule has 0 atom stereocenters. The van der Waals surface area contributed by atoms with Crippen molar-refractivity contribution >= 4 is 128 Å². The lowest BCUT2D eigenvalue weighted by atomic mass is 10.0. The fourth-order valence-electron chi connectivity index (χ4n) is 14.1. The first kappa shape index (κ1) is 69.2. The molecular formula is C98H66N2OS8. The van der Waals surface area contributed by atoms with Crippen molar-refractivity contribution in [2.45, 2.75) is 92.2 Å². The molecule has 4 heterocycles. The predicted molar refractivity (Wildman–Crippen MR) is 464 cm³/mol. The summed E-state index contributed by atoms with van der Waals surface area (Å²) >= 11 is 14.9. The zero-order valence-corrected chi connectivity index (χ0v) is 65.7. The Balaban J connectivity index is 0.000000167. The largest absolute Gasteiger partial charge is 0.457 e. The Bertz CT molecular complexity index is 5700. The summed E-state index contributed by atoms with van der Waals surface area (Å²) in [5.41, 5.74) is 21.4. The minimum Gasteiger partial charge on any atom is -0.457 e. The molecule has 0 amide bonds. The van der Waals surface area contributed by atoms with Gasteiger partial charge in [-0.1, -0.05) is 299 Å². The van der Waals surface area contributed by atoms with Gasteiger partial charge < -0.3 is 14.5 Å². The van der Waals surface area contributed by atoms with E-state index >= 15 is 0 Å². The van der Waals surface area contributed by atoms with Gasteiger partial charge in [0.25, 0.3) is 0 Å². The zero-order chi connectivity index (χ0) is 72.7. The molecule has 0 fully saturated rings. The molecule has 0 spiro atoms. The first-order valence-corrected chi connectivity index (χ1v) is 42.7. The van der Waals surface area contributed by atoms with Crippen LogP contribution in [0, 0.1) is 13.8 Å². The molecule has 0 saturated carbocycles. The predicted octanol–water partition coefficient (Wildman–Crippen LogP) is 31.5. The summed E-state index contributed by atoms with van der Waals surface area (Å²) in [5.74, 6) is 1.67. The van der Waals surface area contributed by atoms with Gasteiger partial charge in [-0.15, -0.1) is 0 Å². The fraction of sp³-hybridized carbons (Fsp3) is 0.0204. The highest BCUT2D eigenvalue weighted by atomic mass is 32.2. The number of hydrogen-bond donors (Lipinski definition) is 0. The smallest absolute Gasteiger partial charge is 0.127 e. The highest BCUT2D eigenvalue weighted by Gasteiger charge is 2.26. The van der Waals surface area contributed by atoms with Crippen molar-refractivity contribution in [1.29, 1.82) is 0 Å². The van der Waals surface area contributed by atoms with E-state index in [1.165, 1.54) is 145 Å². The maximum atomic E-state index is 6.26. The van der Waals surface area contributed by atoms with Gasteiger partial charge in [0.1, 0.15) is 11.5 Å².